The molecule has 0 radical (unpaired) electrons. The standard InChI is InChI=1S/C31H17NO2.C13H16N2/c1-16-14-23-19-10-12-21-17-6-2-4-8-25(17)33-30(21)28(19)32-27(23)24(15-16)20-11-13-22-18-7-3-5-9-26(18)34-31(22)29(20)32;1-3-8-13(12(14)4-2)15-11-9-6-5-7-10-11/h2-15H,1H3;3-10,15H,2,14H2,1H3/b;8-3-,13-12-. The molecule has 0 aliphatic rings. The summed E-state index contributed by atoms with van der Waals surface area (Å²) in [6, 6.07) is 40.0. The molecule has 0 aliphatic heterocycles. The Labute approximate surface area is 282 Å². The van der Waals surface area contributed by atoms with Crippen molar-refractivity contribution in [2.75, 3.05) is 5.32 Å². The van der Waals surface area contributed by atoms with Crippen molar-refractivity contribution in [3.05, 3.63) is 157 Å². The topological polar surface area (TPSA) is 68.7 Å². The average Bonchev–Trinajstić information content (AvgIpc) is 3.88. The molecule has 0 atom stereocenters. The zero-order valence-corrected chi connectivity index (χ0v) is 27.2. The highest BCUT2D eigenvalue weighted by Crippen LogP contribution is 2.46. The van der Waals surface area contributed by atoms with E-state index in [9.17, 15) is 0 Å². The Bertz CT molecular complexity index is 2800. The summed E-state index contributed by atoms with van der Waals surface area (Å²) in [7, 11) is 0. The monoisotopic (exact) mass is 635 g/mol. The summed E-state index contributed by atoms with van der Waals surface area (Å²) in [6.45, 7) is 7.77. The van der Waals surface area contributed by atoms with Gasteiger partial charge in [-0.05, 0) is 80.1 Å². The quantitative estimate of drug-likeness (QED) is 0.189. The van der Waals surface area contributed by atoms with Gasteiger partial charge in [-0.15, -0.1) is 0 Å². The highest BCUT2D eigenvalue weighted by molar-refractivity contribution is 6.31. The second kappa shape index (κ2) is 11.1. The van der Waals surface area contributed by atoms with E-state index in [2.05, 4.69) is 96.0 Å². The predicted molar refractivity (Wildman–Crippen MR) is 207 cm³/mol. The van der Waals surface area contributed by atoms with Gasteiger partial charge in [0.1, 0.15) is 11.2 Å². The van der Waals surface area contributed by atoms with Crippen LogP contribution in [0.2, 0.25) is 0 Å². The number of hydrogen-bond acceptors (Lipinski definition) is 4. The largest absolute Gasteiger partial charge is 0.454 e. The first kappa shape index (κ1) is 28.7. The molecular weight excluding hydrogens is 603 g/mol. The molecule has 3 N–H and O–H groups in total. The zero-order valence-electron chi connectivity index (χ0n) is 27.2. The maximum absolute atomic E-state index is 6.53. The first-order valence-electron chi connectivity index (χ1n) is 16.5. The number of furan rings is 2. The number of allylic oxidation sites excluding steroid dienone is 3. The molecule has 10 rings (SSSR count). The minimum atomic E-state index is 0.636. The fourth-order valence-corrected chi connectivity index (χ4v) is 7.36. The summed E-state index contributed by atoms with van der Waals surface area (Å²) in [4.78, 5) is 0. The molecule has 0 spiro atoms. The molecule has 4 heterocycles. The maximum Gasteiger partial charge on any atom is 0.160 e. The van der Waals surface area contributed by atoms with E-state index in [0.29, 0.717) is 5.70 Å². The Morgan fingerprint density at radius 1 is 0.633 bits per heavy atom. The lowest BCUT2D eigenvalue weighted by Crippen LogP contribution is -2.06. The number of benzene rings is 6. The number of fused-ring (bicyclic) bond motifs is 14. The van der Waals surface area contributed by atoms with Crippen molar-refractivity contribution >= 4 is 87.7 Å². The number of hydrogen-bond donors (Lipinski definition) is 2. The third-order valence-corrected chi connectivity index (χ3v) is 9.46. The van der Waals surface area contributed by atoms with Crippen LogP contribution in [0.25, 0.3) is 82.0 Å². The molecule has 0 unspecified atom stereocenters. The summed E-state index contributed by atoms with van der Waals surface area (Å²) in [5.41, 5.74) is 16.7. The van der Waals surface area contributed by atoms with Crippen molar-refractivity contribution in [1.29, 1.82) is 0 Å². The third kappa shape index (κ3) is 4.32. The van der Waals surface area contributed by atoms with Gasteiger partial charge in [-0.25, -0.2) is 0 Å². The van der Waals surface area contributed by atoms with E-state index in [4.69, 9.17) is 14.6 Å². The van der Waals surface area contributed by atoms with Gasteiger partial charge in [-0.1, -0.05) is 79.4 Å². The lowest BCUT2D eigenvalue weighted by molar-refractivity contribution is 0.670. The van der Waals surface area contributed by atoms with Crippen LogP contribution in [0.1, 0.15) is 12.5 Å². The minimum Gasteiger partial charge on any atom is -0.454 e. The van der Waals surface area contributed by atoms with Crippen molar-refractivity contribution in [3.8, 4) is 0 Å². The molecular formula is C44H33N3O2. The molecule has 0 saturated heterocycles. The lowest BCUT2D eigenvalue weighted by Gasteiger charge is -2.08. The Hall–Kier alpha value is -6.46. The number of para-hydroxylation sites is 3. The number of nitrogens with zero attached hydrogens (tertiary/aromatic N) is 1. The van der Waals surface area contributed by atoms with Crippen LogP contribution in [0.4, 0.5) is 5.69 Å². The van der Waals surface area contributed by atoms with Gasteiger partial charge >= 0.3 is 0 Å². The smallest absolute Gasteiger partial charge is 0.160 e. The molecule has 49 heavy (non-hydrogen) atoms. The van der Waals surface area contributed by atoms with E-state index in [1.165, 1.54) is 32.6 Å². The molecule has 0 aliphatic carbocycles. The second-order valence-electron chi connectivity index (χ2n) is 12.5. The van der Waals surface area contributed by atoms with Crippen LogP contribution in [0.15, 0.2) is 160 Å². The Balaban J connectivity index is 0.000000185. The van der Waals surface area contributed by atoms with Gasteiger partial charge in [-0.3, -0.25) is 0 Å². The van der Waals surface area contributed by atoms with Gasteiger partial charge in [-0.2, -0.15) is 0 Å². The Morgan fingerprint density at radius 3 is 1.67 bits per heavy atom. The third-order valence-electron chi connectivity index (χ3n) is 9.46. The normalized spacial score (nSPS) is 12.7. The number of aryl methyl sites for hydroxylation is 1. The highest BCUT2D eigenvalue weighted by Gasteiger charge is 2.24. The van der Waals surface area contributed by atoms with Crippen molar-refractivity contribution in [2.45, 2.75) is 13.8 Å². The number of aromatic nitrogens is 1. The molecule has 0 amide bonds. The van der Waals surface area contributed by atoms with Crippen molar-refractivity contribution < 1.29 is 8.83 Å². The molecule has 0 fully saturated rings. The number of nitrogens with two attached hydrogens (primary N) is 1. The second-order valence-corrected chi connectivity index (χ2v) is 12.5. The van der Waals surface area contributed by atoms with Crippen molar-refractivity contribution in [2.24, 2.45) is 5.73 Å². The first-order valence-corrected chi connectivity index (χ1v) is 16.5. The van der Waals surface area contributed by atoms with Crippen LogP contribution in [-0.2, 0) is 0 Å². The SMILES string of the molecule is C=C/C(N)=C(\C=C/C)Nc1ccccc1.Cc1cc2c3ccc4c5ccccc5oc4c3n3c2c(c1)c1ccc2c4ccccc4oc2c13. The molecule has 236 valence electrons. The van der Waals surface area contributed by atoms with Gasteiger partial charge in [0, 0.05) is 48.8 Å². The molecule has 6 aromatic carbocycles. The number of nitrogens with one attached hydrogen (secondary N) is 1. The molecule has 10 aromatic rings. The van der Waals surface area contributed by atoms with E-state index >= 15 is 0 Å². The van der Waals surface area contributed by atoms with Crippen molar-refractivity contribution in [1.82, 2.24) is 4.40 Å². The van der Waals surface area contributed by atoms with Crippen LogP contribution in [0.3, 0.4) is 0 Å². The van der Waals surface area contributed by atoms with E-state index in [1.54, 1.807) is 6.08 Å². The van der Waals surface area contributed by atoms with Crippen LogP contribution in [0.5, 0.6) is 0 Å². The average molecular weight is 636 g/mol. The predicted octanol–water partition coefficient (Wildman–Crippen LogP) is 12.0. The van der Waals surface area contributed by atoms with Crippen LogP contribution >= 0.6 is 0 Å². The van der Waals surface area contributed by atoms with Crippen LogP contribution in [-0.4, -0.2) is 4.40 Å². The lowest BCUT2D eigenvalue weighted by atomic mass is 10.0. The van der Waals surface area contributed by atoms with Gasteiger partial charge in [0.15, 0.2) is 11.2 Å². The fraction of sp³-hybridized carbons (Fsp3) is 0.0455. The Kier molecular flexibility index (Phi) is 6.49. The molecule has 0 saturated carbocycles. The zero-order chi connectivity index (χ0) is 33.2. The minimum absolute atomic E-state index is 0.636. The molecule has 4 aromatic heterocycles. The summed E-state index contributed by atoms with van der Waals surface area (Å²) in [5.74, 6) is 0. The molecule has 5 nitrogen and oxygen atoms in total. The van der Waals surface area contributed by atoms with E-state index in [-0.39, 0.29) is 0 Å². The van der Waals surface area contributed by atoms with E-state index in [1.807, 2.05) is 61.5 Å². The fourth-order valence-electron chi connectivity index (χ4n) is 7.36. The molecule has 5 heteroatoms. The van der Waals surface area contributed by atoms with Crippen LogP contribution in [0, 0.1) is 6.92 Å². The maximum atomic E-state index is 6.53. The summed E-state index contributed by atoms with van der Waals surface area (Å²) in [6.07, 6.45) is 5.48. The summed E-state index contributed by atoms with van der Waals surface area (Å²) < 4.78 is 15.4. The van der Waals surface area contributed by atoms with Gasteiger partial charge in [0.2, 0.25) is 0 Å². The van der Waals surface area contributed by atoms with Gasteiger partial charge in [0.25, 0.3) is 0 Å². The van der Waals surface area contributed by atoms with Crippen molar-refractivity contribution in [3.63, 3.8) is 0 Å². The van der Waals surface area contributed by atoms with E-state index < -0.39 is 0 Å². The van der Waals surface area contributed by atoms with E-state index in [0.717, 1.165) is 66.3 Å². The highest BCUT2D eigenvalue weighted by atomic mass is 16.3. The number of anilines is 1. The first-order chi connectivity index (χ1) is 24.1. The van der Waals surface area contributed by atoms with Gasteiger partial charge < -0.3 is 24.3 Å². The Morgan fingerprint density at radius 2 is 1.14 bits per heavy atom. The van der Waals surface area contributed by atoms with Crippen LogP contribution < -0.4 is 11.1 Å². The summed E-state index contributed by atoms with van der Waals surface area (Å²) >= 11 is 0. The number of rotatable bonds is 4. The van der Waals surface area contributed by atoms with Gasteiger partial charge in [0.05, 0.1) is 27.9 Å². The molecule has 0 bridgehead atoms. The summed E-state index contributed by atoms with van der Waals surface area (Å²) in [5, 5.41) is 12.8.